The highest BCUT2D eigenvalue weighted by molar-refractivity contribution is 5.80. The van der Waals surface area contributed by atoms with Gasteiger partial charge in [0.2, 0.25) is 0 Å². The number of nitrogens with zero attached hydrogens (tertiary/aromatic N) is 1. The number of ether oxygens (including phenoxy) is 1. The largest absolute Gasteiger partial charge is 0.484 e. The molecule has 0 unspecified atom stereocenters. The molecule has 0 N–H and O–H groups in total. The maximum absolute atomic E-state index is 12.4. The minimum absolute atomic E-state index is 0.0446. The smallest absolute Gasteiger partial charge is 0.336 e. The van der Waals surface area contributed by atoms with Gasteiger partial charge in [-0.25, -0.2) is 4.79 Å². The number of hydrogen-bond acceptors (Lipinski definition) is 4. The van der Waals surface area contributed by atoms with E-state index in [9.17, 15) is 9.59 Å². The summed E-state index contributed by atoms with van der Waals surface area (Å²) in [4.78, 5) is 25.5. The van der Waals surface area contributed by atoms with Crippen molar-refractivity contribution in [2.75, 3.05) is 19.7 Å². The quantitative estimate of drug-likeness (QED) is 0.668. The summed E-state index contributed by atoms with van der Waals surface area (Å²) < 4.78 is 10.7. The molecule has 0 spiro atoms. The van der Waals surface area contributed by atoms with Gasteiger partial charge in [-0.2, -0.15) is 0 Å². The van der Waals surface area contributed by atoms with Crippen molar-refractivity contribution in [1.82, 2.24) is 4.90 Å². The van der Waals surface area contributed by atoms with Gasteiger partial charge in [0, 0.05) is 30.6 Å². The number of fused-ring (bicyclic) bond motifs is 1. The number of hydrogen-bond donors (Lipinski definition) is 0. The van der Waals surface area contributed by atoms with Crippen molar-refractivity contribution < 1.29 is 13.9 Å². The van der Waals surface area contributed by atoms with Crippen LogP contribution in [0.25, 0.3) is 16.5 Å². The van der Waals surface area contributed by atoms with Crippen LogP contribution in [0.2, 0.25) is 0 Å². The van der Waals surface area contributed by atoms with Gasteiger partial charge in [-0.3, -0.25) is 4.79 Å². The number of benzene rings is 2. The van der Waals surface area contributed by atoms with Crippen LogP contribution in [-0.2, 0) is 4.79 Å². The molecule has 1 aromatic heterocycles. The fourth-order valence-electron chi connectivity index (χ4n) is 3.18. The van der Waals surface area contributed by atoms with Crippen molar-refractivity contribution >= 4 is 22.4 Å². The first-order valence-corrected chi connectivity index (χ1v) is 8.88. The van der Waals surface area contributed by atoms with Crippen molar-refractivity contribution in [3.63, 3.8) is 0 Å². The van der Waals surface area contributed by atoms with E-state index in [0.717, 1.165) is 11.8 Å². The Morgan fingerprint density at radius 3 is 2.67 bits per heavy atom. The number of carbonyl (C=O) groups is 1. The van der Waals surface area contributed by atoms with E-state index in [1.54, 1.807) is 29.2 Å². The second-order valence-electron chi connectivity index (χ2n) is 6.43. The van der Waals surface area contributed by atoms with Crippen LogP contribution in [0.15, 0.2) is 76.0 Å². The Labute approximate surface area is 156 Å². The van der Waals surface area contributed by atoms with Crippen molar-refractivity contribution in [2.24, 2.45) is 0 Å². The van der Waals surface area contributed by atoms with Gasteiger partial charge in [-0.15, -0.1) is 0 Å². The first-order valence-electron chi connectivity index (χ1n) is 8.88. The molecule has 2 aromatic carbocycles. The Hall–Kier alpha value is -3.34. The Bertz CT molecular complexity index is 1050. The summed E-state index contributed by atoms with van der Waals surface area (Å²) in [6, 6.07) is 18.5. The second-order valence-corrected chi connectivity index (χ2v) is 6.43. The average Bonchev–Trinajstić information content (AvgIpc) is 2.72. The van der Waals surface area contributed by atoms with E-state index in [1.807, 2.05) is 18.2 Å². The molecular weight excluding hydrogens is 342 g/mol. The monoisotopic (exact) mass is 361 g/mol. The van der Waals surface area contributed by atoms with E-state index < -0.39 is 5.63 Å². The van der Waals surface area contributed by atoms with Gasteiger partial charge in [-0.1, -0.05) is 36.4 Å². The predicted molar refractivity (Wildman–Crippen MR) is 104 cm³/mol. The van der Waals surface area contributed by atoms with E-state index >= 15 is 0 Å². The van der Waals surface area contributed by atoms with Crippen LogP contribution in [-0.4, -0.2) is 30.5 Å². The van der Waals surface area contributed by atoms with Crippen LogP contribution in [0.3, 0.4) is 0 Å². The van der Waals surface area contributed by atoms with Gasteiger partial charge in [0.1, 0.15) is 11.3 Å². The van der Waals surface area contributed by atoms with Crippen LogP contribution in [0.4, 0.5) is 0 Å². The molecule has 1 aliphatic rings. The summed E-state index contributed by atoms with van der Waals surface area (Å²) in [5, 5.41) is 0.808. The fraction of sp³-hybridized carbons (Fsp3) is 0.182. The molecule has 0 radical (unpaired) electrons. The summed E-state index contributed by atoms with van der Waals surface area (Å²) in [6.07, 6.45) is 2.93. The van der Waals surface area contributed by atoms with Gasteiger partial charge < -0.3 is 14.1 Å². The van der Waals surface area contributed by atoms with Crippen LogP contribution in [0.5, 0.6) is 5.75 Å². The zero-order chi connectivity index (χ0) is 18.6. The number of amides is 1. The molecular formula is C22H19NO4. The van der Waals surface area contributed by atoms with Gasteiger partial charge in [0.25, 0.3) is 5.91 Å². The Kier molecular flexibility index (Phi) is 4.75. The van der Waals surface area contributed by atoms with Crippen LogP contribution in [0.1, 0.15) is 12.0 Å². The molecule has 1 amide bonds. The predicted octanol–water partition coefficient (Wildman–Crippen LogP) is 3.49. The first-order chi connectivity index (χ1) is 13.2. The second kappa shape index (κ2) is 7.50. The summed E-state index contributed by atoms with van der Waals surface area (Å²) in [7, 11) is 0. The fourth-order valence-corrected chi connectivity index (χ4v) is 3.18. The topological polar surface area (TPSA) is 59.8 Å². The number of carbonyl (C=O) groups excluding carboxylic acids is 1. The molecule has 5 nitrogen and oxygen atoms in total. The van der Waals surface area contributed by atoms with Gasteiger partial charge in [0.05, 0.1) is 0 Å². The lowest BCUT2D eigenvalue weighted by Gasteiger charge is -2.26. The SMILES string of the molecule is O=C(COc1ccc2ccc(=O)oc2c1)N1CC=C(c2ccccc2)CC1. The third-order valence-electron chi connectivity index (χ3n) is 4.66. The maximum Gasteiger partial charge on any atom is 0.336 e. The highest BCUT2D eigenvalue weighted by atomic mass is 16.5. The minimum atomic E-state index is -0.412. The summed E-state index contributed by atoms with van der Waals surface area (Å²) >= 11 is 0. The van der Waals surface area contributed by atoms with Crippen molar-refractivity contribution in [2.45, 2.75) is 6.42 Å². The standard InChI is InChI=1S/C22H19NO4/c24-21(23-12-10-17(11-13-23)16-4-2-1-3-5-16)15-26-19-8-6-18-7-9-22(25)27-20(18)14-19/h1-10,14H,11-13,15H2. The van der Waals surface area contributed by atoms with E-state index in [4.69, 9.17) is 9.15 Å². The van der Waals surface area contributed by atoms with Gasteiger partial charge in [-0.05, 0) is 35.8 Å². The molecule has 2 heterocycles. The van der Waals surface area contributed by atoms with Crippen molar-refractivity contribution in [1.29, 1.82) is 0 Å². The molecule has 0 bridgehead atoms. The molecule has 3 aromatic rings. The van der Waals surface area contributed by atoms with E-state index in [1.165, 1.54) is 17.2 Å². The molecule has 0 atom stereocenters. The van der Waals surface area contributed by atoms with Crippen molar-refractivity contribution in [3.05, 3.63) is 82.7 Å². The van der Waals surface area contributed by atoms with Crippen LogP contribution < -0.4 is 10.4 Å². The Balaban J connectivity index is 1.37. The Morgan fingerprint density at radius 2 is 1.89 bits per heavy atom. The summed E-state index contributed by atoms with van der Waals surface area (Å²) in [5.41, 5.74) is 2.51. The molecule has 27 heavy (non-hydrogen) atoms. The highest BCUT2D eigenvalue weighted by Crippen LogP contribution is 2.23. The summed E-state index contributed by atoms with van der Waals surface area (Å²) in [5.74, 6) is 0.440. The van der Waals surface area contributed by atoms with Gasteiger partial charge >= 0.3 is 5.63 Å². The average molecular weight is 361 g/mol. The molecule has 0 saturated carbocycles. The molecule has 0 fully saturated rings. The van der Waals surface area contributed by atoms with E-state index in [2.05, 4.69) is 18.2 Å². The van der Waals surface area contributed by atoms with E-state index in [0.29, 0.717) is 24.4 Å². The van der Waals surface area contributed by atoms with E-state index in [-0.39, 0.29) is 12.5 Å². The lowest BCUT2D eigenvalue weighted by Crippen LogP contribution is -2.37. The molecule has 0 saturated heterocycles. The van der Waals surface area contributed by atoms with Crippen molar-refractivity contribution in [3.8, 4) is 5.75 Å². The molecule has 0 aliphatic carbocycles. The third-order valence-corrected chi connectivity index (χ3v) is 4.66. The Morgan fingerprint density at radius 1 is 1.07 bits per heavy atom. The first kappa shape index (κ1) is 17.1. The highest BCUT2D eigenvalue weighted by Gasteiger charge is 2.18. The summed E-state index contributed by atoms with van der Waals surface area (Å²) in [6.45, 7) is 1.21. The van der Waals surface area contributed by atoms with Gasteiger partial charge in [0.15, 0.2) is 6.61 Å². The normalized spacial score (nSPS) is 14.1. The van der Waals surface area contributed by atoms with Crippen LogP contribution in [0, 0.1) is 0 Å². The minimum Gasteiger partial charge on any atom is -0.484 e. The zero-order valence-electron chi connectivity index (χ0n) is 14.8. The molecule has 4 rings (SSSR count). The molecule has 1 aliphatic heterocycles. The lowest BCUT2D eigenvalue weighted by atomic mass is 10.00. The van der Waals surface area contributed by atoms with Crippen LogP contribution >= 0.6 is 0 Å². The maximum atomic E-state index is 12.4. The molecule has 5 heteroatoms. The molecule has 136 valence electrons. The number of rotatable bonds is 4. The third kappa shape index (κ3) is 3.92. The zero-order valence-corrected chi connectivity index (χ0v) is 14.8. The lowest BCUT2D eigenvalue weighted by molar-refractivity contribution is -0.132.